The van der Waals surface area contributed by atoms with Gasteiger partial charge in [0.25, 0.3) is 0 Å². The average Bonchev–Trinajstić information content (AvgIpc) is 2.73. The van der Waals surface area contributed by atoms with E-state index in [2.05, 4.69) is 36.8 Å². The van der Waals surface area contributed by atoms with Crippen LogP contribution in [0.5, 0.6) is 5.75 Å². The van der Waals surface area contributed by atoms with Crippen LogP contribution in [-0.4, -0.2) is 10.1 Å². The summed E-state index contributed by atoms with van der Waals surface area (Å²) in [6.45, 7) is 2.40. The lowest BCUT2D eigenvalue weighted by Gasteiger charge is -2.10. The number of nitrogens with zero attached hydrogens (tertiary/aromatic N) is 1. The molecule has 96 valence electrons. The van der Waals surface area contributed by atoms with E-state index < -0.39 is 0 Å². The predicted octanol–water partition coefficient (Wildman–Crippen LogP) is 4.05. The highest BCUT2D eigenvalue weighted by molar-refractivity contribution is 9.11. The van der Waals surface area contributed by atoms with Crippen LogP contribution in [0.25, 0.3) is 0 Å². The molecule has 0 radical (unpaired) electrons. The molecule has 2 rings (SSSR count). The molecule has 0 spiro atoms. The van der Waals surface area contributed by atoms with E-state index in [4.69, 9.17) is 9.84 Å². The van der Waals surface area contributed by atoms with Gasteiger partial charge in [0.1, 0.15) is 17.4 Å². The summed E-state index contributed by atoms with van der Waals surface area (Å²) in [6.07, 6.45) is 0. The number of aromatic nitrogens is 1. The highest BCUT2D eigenvalue weighted by atomic mass is 79.9. The molecule has 0 fully saturated rings. The van der Waals surface area contributed by atoms with Crippen molar-refractivity contribution in [2.75, 3.05) is 0 Å². The highest BCUT2D eigenvalue weighted by Crippen LogP contribution is 2.35. The summed E-state index contributed by atoms with van der Waals surface area (Å²) in [6, 6.07) is 3.68. The number of aliphatic hydroxyl groups is 1. The van der Waals surface area contributed by atoms with Crippen molar-refractivity contribution in [2.45, 2.75) is 20.1 Å². The Bertz CT molecular complexity index is 534. The van der Waals surface area contributed by atoms with Gasteiger partial charge in [-0.3, -0.25) is 0 Å². The van der Waals surface area contributed by atoms with E-state index >= 15 is 0 Å². The van der Waals surface area contributed by atoms with Gasteiger partial charge in [-0.2, -0.15) is 0 Å². The van der Waals surface area contributed by atoms with E-state index in [0.717, 1.165) is 31.0 Å². The van der Waals surface area contributed by atoms with Crippen LogP contribution in [0.1, 0.15) is 16.3 Å². The zero-order chi connectivity index (χ0) is 13.1. The van der Waals surface area contributed by atoms with E-state index in [0.29, 0.717) is 6.61 Å². The van der Waals surface area contributed by atoms with Crippen molar-refractivity contribution >= 4 is 43.2 Å². The summed E-state index contributed by atoms with van der Waals surface area (Å²) in [7, 11) is 0. The van der Waals surface area contributed by atoms with Crippen molar-refractivity contribution < 1.29 is 9.84 Å². The van der Waals surface area contributed by atoms with Gasteiger partial charge in [0.15, 0.2) is 0 Å². The van der Waals surface area contributed by atoms with E-state index in [-0.39, 0.29) is 6.61 Å². The number of aryl methyl sites for hydroxylation is 1. The van der Waals surface area contributed by atoms with Crippen LogP contribution in [0.15, 0.2) is 26.5 Å². The Kier molecular flexibility index (Phi) is 4.77. The Hall–Kier alpha value is -0.430. The Morgan fingerprint density at radius 1 is 1.33 bits per heavy atom. The second-order valence-corrected chi connectivity index (χ2v) is 6.37. The van der Waals surface area contributed by atoms with Crippen LogP contribution in [0, 0.1) is 6.92 Å². The molecule has 1 N–H and O–H groups in total. The molecule has 0 atom stereocenters. The Morgan fingerprint density at radius 2 is 2.00 bits per heavy atom. The number of halogens is 2. The molecule has 0 aliphatic heterocycles. The molecule has 0 aliphatic rings. The Labute approximate surface area is 126 Å². The zero-order valence-electron chi connectivity index (χ0n) is 9.61. The number of benzene rings is 1. The van der Waals surface area contributed by atoms with E-state index in [9.17, 15) is 0 Å². The van der Waals surface area contributed by atoms with Crippen molar-refractivity contribution in [2.24, 2.45) is 0 Å². The highest BCUT2D eigenvalue weighted by Gasteiger charge is 2.10. The van der Waals surface area contributed by atoms with Crippen LogP contribution in [0.3, 0.4) is 0 Å². The third kappa shape index (κ3) is 3.32. The fourth-order valence-electron chi connectivity index (χ4n) is 1.44. The molecule has 1 aromatic carbocycles. The van der Waals surface area contributed by atoms with Gasteiger partial charge < -0.3 is 9.84 Å². The topological polar surface area (TPSA) is 42.4 Å². The van der Waals surface area contributed by atoms with Crippen LogP contribution in [0.2, 0.25) is 0 Å². The maximum absolute atomic E-state index is 9.10. The molecule has 0 amide bonds. The first-order chi connectivity index (χ1) is 8.60. The van der Waals surface area contributed by atoms with Crippen molar-refractivity contribution in [3.8, 4) is 5.75 Å². The molecule has 3 nitrogen and oxygen atoms in total. The van der Waals surface area contributed by atoms with Gasteiger partial charge in [0, 0.05) is 11.1 Å². The maximum atomic E-state index is 9.10. The lowest BCUT2D eigenvalue weighted by Crippen LogP contribution is -1.97. The maximum Gasteiger partial charge on any atom is 0.148 e. The second kappa shape index (κ2) is 6.14. The molecule has 6 heteroatoms. The van der Waals surface area contributed by atoms with Crippen molar-refractivity contribution in [3.05, 3.63) is 42.7 Å². The summed E-state index contributed by atoms with van der Waals surface area (Å²) >= 11 is 8.45. The van der Waals surface area contributed by atoms with Gasteiger partial charge in [-0.1, -0.05) is 0 Å². The smallest absolute Gasteiger partial charge is 0.148 e. The van der Waals surface area contributed by atoms with Crippen molar-refractivity contribution in [1.29, 1.82) is 0 Å². The van der Waals surface area contributed by atoms with Crippen molar-refractivity contribution in [1.82, 2.24) is 4.98 Å². The minimum atomic E-state index is 0.00313. The van der Waals surface area contributed by atoms with Gasteiger partial charge in [0.05, 0.1) is 15.6 Å². The molecular weight excluding hydrogens is 382 g/mol. The largest absolute Gasteiger partial charge is 0.484 e. The molecular formula is C12H11Br2NO2S. The zero-order valence-corrected chi connectivity index (χ0v) is 13.6. The fraction of sp³-hybridized carbons (Fsp3) is 0.250. The number of thiazole rings is 1. The molecule has 0 bridgehead atoms. The summed E-state index contributed by atoms with van der Waals surface area (Å²) in [5, 5.41) is 12.0. The molecule has 18 heavy (non-hydrogen) atoms. The second-order valence-electron chi connectivity index (χ2n) is 3.72. The SMILES string of the molecule is Cc1csc(COc2c(Br)cc(CO)cc2Br)n1. The third-order valence-corrected chi connectivity index (χ3v) is 4.37. The average molecular weight is 393 g/mol. The first-order valence-electron chi connectivity index (χ1n) is 5.22. The number of hydrogen-bond donors (Lipinski definition) is 1. The normalized spacial score (nSPS) is 10.7. The van der Waals surface area contributed by atoms with Gasteiger partial charge >= 0.3 is 0 Å². The van der Waals surface area contributed by atoms with Crippen molar-refractivity contribution in [3.63, 3.8) is 0 Å². The predicted molar refractivity (Wildman–Crippen MR) is 78.9 cm³/mol. The summed E-state index contributed by atoms with van der Waals surface area (Å²) in [5.41, 5.74) is 1.83. The summed E-state index contributed by atoms with van der Waals surface area (Å²) in [5.74, 6) is 0.722. The molecule has 0 saturated heterocycles. The molecule has 1 heterocycles. The molecule has 0 unspecified atom stereocenters. The van der Waals surface area contributed by atoms with E-state index in [1.807, 2.05) is 24.4 Å². The molecule has 1 aromatic heterocycles. The first-order valence-corrected chi connectivity index (χ1v) is 7.69. The minimum absolute atomic E-state index is 0.00313. The monoisotopic (exact) mass is 391 g/mol. The Morgan fingerprint density at radius 3 is 2.50 bits per heavy atom. The van der Waals surface area contributed by atoms with Crippen LogP contribution in [-0.2, 0) is 13.2 Å². The third-order valence-electron chi connectivity index (χ3n) is 2.25. The quantitative estimate of drug-likeness (QED) is 0.853. The number of ether oxygens (including phenoxy) is 1. The lowest BCUT2D eigenvalue weighted by molar-refractivity contribution is 0.280. The van der Waals surface area contributed by atoms with E-state index in [1.54, 1.807) is 11.3 Å². The number of rotatable bonds is 4. The van der Waals surface area contributed by atoms with Gasteiger partial charge in [-0.25, -0.2) is 4.98 Å². The van der Waals surface area contributed by atoms with Gasteiger partial charge in [-0.05, 0) is 56.5 Å². The molecule has 2 aromatic rings. The molecule has 0 saturated carbocycles. The van der Waals surface area contributed by atoms with E-state index in [1.165, 1.54) is 0 Å². The summed E-state index contributed by atoms with van der Waals surface area (Å²) in [4.78, 5) is 4.34. The number of hydrogen-bond acceptors (Lipinski definition) is 4. The standard InChI is InChI=1S/C12H11Br2NO2S/c1-7-6-18-11(15-7)5-17-12-9(13)2-8(4-16)3-10(12)14/h2-3,6,16H,4-5H2,1H3. The number of aliphatic hydroxyl groups excluding tert-OH is 1. The fourth-order valence-corrected chi connectivity index (χ4v) is 3.64. The van der Waals surface area contributed by atoms with Crippen LogP contribution < -0.4 is 4.74 Å². The van der Waals surface area contributed by atoms with Crippen LogP contribution in [0.4, 0.5) is 0 Å². The lowest BCUT2D eigenvalue weighted by atomic mass is 10.2. The summed E-state index contributed by atoms with van der Waals surface area (Å²) < 4.78 is 7.37. The van der Waals surface area contributed by atoms with Gasteiger partial charge in [0.2, 0.25) is 0 Å². The molecule has 0 aliphatic carbocycles. The Balaban J connectivity index is 2.14. The van der Waals surface area contributed by atoms with Crippen LogP contribution >= 0.6 is 43.2 Å². The van der Waals surface area contributed by atoms with Gasteiger partial charge in [-0.15, -0.1) is 11.3 Å². The minimum Gasteiger partial charge on any atom is -0.484 e. The first kappa shape index (κ1) is 14.0.